The Kier molecular flexibility index (Phi) is 5.96. The zero-order chi connectivity index (χ0) is 18.5. The van der Waals surface area contributed by atoms with Gasteiger partial charge >= 0.3 is 0 Å². The first-order valence-corrected chi connectivity index (χ1v) is 9.68. The van der Waals surface area contributed by atoms with Crippen LogP contribution in [0, 0.1) is 13.8 Å². The van der Waals surface area contributed by atoms with Gasteiger partial charge in [0.25, 0.3) is 0 Å². The van der Waals surface area contributed by atoms with Crippen LogP contribution in [0.1, 0.15) is 55.5 Å². The number of rotatable bonds is 6. The van der Waals surface area contributed by atoms with Gasteiger partial charge in [0.1, 0.15) is 0 Å². The number of nitrogens with one attached hydrogen (secondary N) is 2. The van der Waals surface area contributed by atoms with Crippen LogP contribution in [-0.2, 0) is 18.3 Å². The Bertz CT molecular complexity index is 742. The zero-order valence-electron chi connectivity index (χ0n) is 16.1. The maximum Gasteiger partial charge on any atom is 0.224 e. The number of hydrogen-bond donors (Lipinski definition) is 2. The molecule has 5 nitrogen and oxygen atoms in total. The molecule has 3 rings (SSSR count). The number of amides is 1. The van der Waals surface area contributed by atoms with E-state index < -0.39 is 0 Å². The number of carbonyl (C=O) groups is 1. The van der Waals surface area contributed by atoms with E-state index in [1.807, 2.05) is 37.7 Å². The van der Waals surface area contributed by atoms with Crippen molar-refractivity contribution in [1.29, 1.82) is 0 Å². The van der Waals surface area contributed by atoms with Crippen LogP contribution in [0.25, 0.3) is 0 Å². The van der Waals surface area contributed by atoms with E-state index >= 15 is 0 Å². The molecular weight excluding hydrogens is 324 g/mol. The molecule has 1 fully saturated rings. The molecular formula is C21H30N4O. The average molecular weight is 354 g/mol. The first-order chi connectivity index (χ1) is 12.5. The Balaban J connectivity index is 1.49. The van der Waals surface area contributed by atoms with E-state index in [4.69, 9.17) is 0 Å². The van der Waals surface area contributed by atoms with Gasteiger partial charge in [0, 0.05) is 36.6 Å². The fourth-order valence-corrected chi connectivity index (χ4v) is 3.77. The molecule has 1 amide bonds. The number of hydrogen-bond acceptors (Lipinski definition) is 3. The second-order valence-electron chi connectivity index (χ2n) is 7.38. The summed E-state index contributed by atoms with van der Waals surface area (Å²) >= 11 is 0. The fourth-order valence-electron chi connectivity index (χ4n) is 3.77. The van der Waals surface area contributed by atoms with E-state index in [9.17, 15) is 4.79 Å². The molecule has 1 aliphatic rings. The molecule has 0 unspecified atom stereocenters. The summed E-state index contributed by atoms with van der Waals surface area (Å²) < 4.78 is 1.88. The topological polar surface area (TPSA) is 59.0 Å². The van der Waals surface area contributed by atoms with Gasteiger partial charge in [-0.2, -0.15) is 5.10 Å². The number of carbonyl (C=O) groups excluding carboxylic acids is 1. The summed E-state index contributed by atoms with van der Waals surface area (Å²) in [7, 11) is 1.94. The summed E-state index contributed by atoms with van der Waals surface area (Å²) in [6, 6.07) is 8.65. The molecule has 1 aromatic heterocycles. The third-order valence-corrected chi connectivity index (χ3v) is 5.41. The maximum absolute atomic E-state index is 12.3. The van der Waals surface area contributed by atoms with Crippen molar-refractivity contribution in [3.05, 3.63) is 41.2 Å². The Labute approximate surface area is 156 Å². The van der Waals surface area contributed by atoms with Crippen LogP contribution in [0.4, 0.5) is 11.4 Å². The predicted molar refractivity (Wildman–Crippen MR) is 107 cm³/mol. The fraction of sp³-hybridized carbons (Fsp3) is 0.524. The Hall–Kier alpha value is -2.30. The standard InChI is InChI=1S/C21H30N4O/c1-15-20(16(2)25(3)24-15)13-14-21(26)23-19-11-9-18(10-12-19)22-17-7-5-4-6-8-17/h9-12,17,22H,4-8,13-14H2,1-3H3,(H,23,26). The number of nitrogens with zero attached hydrogens (tertiary/aromatic N) is 2. The number of aromatic nitrogens is 2. The normalized spacial score (nSPS) is 15.0. The summed E-state index contributed by atoms with van der Waals surface area (Å²) in [6.45, 7) is 4.05. The highest BCUT2D eigenvalue weighted by Gasteiger charge is 2.13. The number of aryl methyl sites for hydroxylation is 2. The summed E-state index contributed by atoms with van der Waals surface area (Å²) in [6.07, 6.45) is 7.70. The van der Waals surface area contributed by atoms with Gasteiger partial charge in [-0.05, 0) is 62.9 Å². The lowest BCUT2D eigenvalue weighted by molar-refractivity contribution is -0.116. The first kappa shape index (κ1) is 18.5. The molecule has 1 saturated carbocycles. The van der Waals surface area contributed by atoms with Crippen LogP contribution >= 0.6 is 0 Å². The molecule has 1 heterocycles. The van der Waals surface area contributed by atoms with Crippen molar-refractivity contribution >= 4 is 17.3 Å². The molecule has 0 saturated heterocycles. The largest absolute Gasteiger partial charge is 0.382 e. The lowest BCUT2D eigenvalue weighted by Gasteiger charge is -2.23. The molecule has 2 N–H and O–H groups in total. The maximum atomic E-state index is 12.3. The summed E-state index contributed by atoms with van der Waals surface area (Å²) in [5.41, 5.74) is 5.30. The van der Waals surface area contributed by atoms with E-state index in [0.29, 0.717) is 12.5 Å². The highest BCUT2D eigenvalue weighted by molar-refractivity contribution is 5.91. The lowest BCUT2D eigenvalue weighted by Crippen LogP contribution is -2.22. The van der Waals surface area contributed by atoms with Crippen LogP contribution in [0.5, 0.6) is 0 Å². The van der Waals surface area contributed by atoms with E-state index in [0.717, 1.165) is 29.2 Å². The molecule has 0 bridgehead atoms. The van der Waals surface area contributed by atoms with Crippen molar-refractivity contribution in [2.45, 2.75) is 64.8 Å². The Morgan fingerprint density at radius 1 is 1.12 bits per heavy atom. The molecule has 2 aromatic rings. The molecule has 5 heteroatoms. The minimum Gasteiger partial charge on any atom is -0.382 e. The number of anilines is 2. The lowest BCUT2D eigenvalue weighted by atomic mass is 9.95. The highest BCUT2D eigenvalue weighted by Crippen LogP contribution is 2.22. The summed E-state index contributed by atoms with van der Waals surface area (Å²) in [5, 5.41) is 11.0. The second-order valence-corrected chi connectivity index (χ2v) is 7.38. The highest BCUT2D eigenvalue weighted by atomic mass is 16.1. The summed E-state index contributed by atoms with van der Waals surface area (Å²) in [4.78, 5) is 12.3. The molecule has 0 spiro atoms. The van der Waals surface area contributed by atoms with Crippen LogP contribution in [0.15, 0.2) is 24.3 Å². The van der Waals surface area contributed by atoms with Crippen molar-refractivity contribution in [3.8, 4) is 0 Å². The van der Waals surface area contributed by atoms with Crippen molar-refractivity contribution < 1.29 is 4.79 Å². The predicted octanol–water partition coefficient (Wildman–Crippen LogP) is 4.35. The SMILES string of the molecule is Cc1nn(C)c(C)c1CCC(=O)Nc1ccc(NC2CCCCC2)cc1. The monoisotopic (exact) mass is 354 g/mol. The molecule has 0 atom stereocenters. The average Bonchev–Trinajstić information content (AvgIpc) is 2.88. The third-order valence-electron chi connectivity index (χ3n) is 5.41. The van der Waals surface area contributed by atoms with Gasteiger partial charge in [0.2, 0.25) is 5.91 Å². The first-order valence-electron chi connectivity index (χ1n) is 9.68. The third kappa shape index (κ3) is 4.65. The second kappa shape index (κ2) is 8.39. The zero-order valence-corrected chi connectivity index (χ0v) is 16.1. The number of benzene rings is 1. The minimum atomic E-state index is 0.0423. The van der Waals surface area contributed by atoms with Gasteiger partial charge in [0.15, 0.2) is 0 Å². The van der Waals surface area contributed by atoms with Gasteiger partial charge in [-0.25, -0.2) is 0 Å². The van der Waals surface area contributed by atoms with Gasteiger partial charge in [-0.3, -0.25) is 9.48 Å². The molecule has 1 aliphatic carbocycles. The van der Waals surface area contributed by atoms with Crippen LogP contribution < -0.4 is 10.6 Å². The smallest absolute Gasteiger partial charge is 0.224 e. The van der Waals surface area contributed by atoms with Crippen molar-refractivity contribution in [2.24, 2.45) is 7.05 Å². The van der Waals surface area contributed by atoms with Gasteiger partial charge in [-0.1, -0.05) is 19.3 Å². The van der Waals surface area contributed by atoms with Crippen LogP contribution in [0.3, 0.4) is 0 Å². The van der Waals surface area contributed by atoms with Gasteiger partial charge in [0.05, 0.1) is 5.69 Å². The van der Waals surface area contributed by atoms with Gasteiger partial charge in [-0.15, -0.1) is 0 Å². The van der Waals surface area contributed by atoms with Crippen LogP contribution in [0.2, 0.25) is 0 Å². The molecule has 0 aliphatic heterocycles. The summed E-state index contributed by atoms with van der Waals surface area (Å²) in [5.74, 6) is 0.0423. The molecule has 26 heavy (non-hydrogen) atoms. The van der Waals surface area contributed by atoms with Crippen molar-refractivity contribution in [2.75, 3.05) is 10.6 Å². The Morgan fingerprint density at radius 3 is 2.38 bits per heavy atom. The Morgan fingerprint density at radius 2 is 1.77 bits per heavy atom. The quantitative estimate of drug-likeness (QED) is 0.811. The van der Waals surface area contributed by atoms with E-state index in [2.05, 4.69) is 27.9 Å². The van der Waals surface area contributed by atoms with Crippen molar-refractivity contribution in [1.82, 2.24) is 9.78 Å². The minimum absolute atomic E-state index is 0.0423. The van der Waals surface area contributed by atoms with Crippen molar-refractivity contribution in [3.63, 3.8) is 0 Å². The van der Waals surface area contributed by atoms with E-state index in [1.54, 1.807) is 0 Å². The molecule has 1 aromatic carbocycles. The van der Waals surface area contributed by atoms with Crippen LogP contribution in [-0.4, -0.2) is 21.7 Å². The van der Waals surface area contributed by atoms with E-state index in [-0.39, 0.29) is 5.91 Å². The van der Waals surface area contributed by atoms with Gasteiger partial charge < -0.3 is 10.6 Å². The molecule has 0 radical (unpaired) electrons. The molecule has 140 valence electrons. The van der Waals surface area contributed by atoms with E-state index in [1.165, 1.54) is 37.7 Å².